The molecule has 0 unspecified atom stereocenters. The number of nitrogens with one attached hydrogen (secondary N) is 1. The van der Waals surface area contributed by atoms with E-state index in [9.17, 15) is 4.79 Å². The molecule has 0 amide bonds. The monoisotopic (exact) mass is 383 g/mol. The number of esters is 1. The molecule has 1 heterocycles. The number of thiazole rings is 1. The van der Waals surface area contributed by atoms with Crippen LogP contribution in [0.3, 0.4) is 0 Å². The molecule has 0 aliphatic carbocycles. The van der Waals surface area contributed by atoms with Gasteiger partial charge in [-0.05, 0) is 19.1 Å². The zero-order valence-electron chi connectivity index (χ0n) is 14.0. The highest BCUT2D eigenvalue weighted by Crippen LogP contribution is 2.36. The molecule has 2 rings (SSSR count). The summed E-state index contributed by atoms with van der Waals surface area (Å²) in [6.45, 7) is 2.12. The number of methoxy groups -OCH3 is 2. The summed E-state index contributed by atoms with van der Waals surface area (Å²) in [5.41, 5.74) is 4.10. The lowest BCUT2D eigenvalue weighted by Crippen LogP contribution is -2.07. The fourth-order valence-corrected chi connectivity index (χ4v) is 2.90. The third-order valence-corrected chi connectivity index (χ3v) is 4.25. The lowest BCUT2D eigenvalue weighted by atomic mass is 10.2. The molecule has 7 nitrogen and oxygen atoms in total. The molecule has 25 heavy (non-hydrogen) atoms. The van der Waals surface area contributed by atoms with Crippen molar-refractivity contribution in [1.29, 1.82) is 0 Å². The van der Waals surface area contributed by atoms with Crippen LogP contribution in [0, 0.1) is 0 Å². The Balaban J connectivity index is 2.02. The number of carbonyl (C=O) groups excluding carboxylic acids is 1. The molecular formula is C16H18ClN3O4S. The van der Waals surface area contributed by atoms with Gasteiger partial charge in [-0.25, -0.2) is 4.98 Å². The average Bonchev–Trinajstić information content (AvgIpc) is 3.03. The van der Waals surface area contributed by atoms with Crippen LogP contribution in [0.2, 0.25) is 5.02 Å². The molecule has 0 fully saturated rings. The first kappa shape index (κ1) is 19.0. The average molecular weight is 384 g/mol. The van der Waals surface area contributed by atoms with E-state index in [0.29, 0.717) is 39.5 Å². The first-order chi connectivity index (χ1) is 12.1. The van der Waals surface area contributed by atoms with Crippen LogP contribution in [0.25, 0.3) is 0 Å². The van der Waals surface area contributed by atoms with Gasteiger partial charge < -0.3 is 14.2 Å². The van der Waals surface area contributed by atoms with E-state index in [0.717, 1.165) is 0 Å². The summed E-state index contributed by atoms with van der Waals surface area (Å²) in [6, 6.07) is 3.51. The Morgan fingerprint density at radius 2 is 2.20 bits per heavy atom. The zero-order valence-corrected chi connectivity index (χ0v) is 15.6. The third-order valence-electron chi connectivity index (χ3n) is 3.06. The zero-order chi connectivity index (χ0) is 18.2. The first-order valence-corrected chi connectivity index (χ1v) is 8.64. The normalized spacial score (nSPS) is 10.7. The second-order valence-electron chi connectivity index (χ2n) is 4.70. The van der Waals surface area contributed by atoms with E-state index in [2.05, 4.69) is 15.5 Å². The lowest BCUT2D eigenvalue weighted by Gasteiger charge is -2.10. The Morgan fingerprint density at radius 3 is 2.88 bits per heavy atom. The van der Waals surface area contributed by atoms with Crippen molar-refractivity contribution in [3.05, 3.63) is 33.8 Å². The molecule has 9 heteroatoms. The summed E-state index contributed by atoms with van der Waals surface area (Å²) in [5.74, 6) is 0.681. The summed E-state index contributed by atoms with van der Waals surface area (Å²) < 4.78 is 15.3. The molecule has 0 aliphatic rings. The molecule has 1 aromatic carbocycles. The molecule has 0 aliphatic heterocycles. The molecule has 2 aromatic rings. The maximum Gasteiger partial charge on any atom is 0.311 e. The number of hydrogen-bond donors (Lipinski definition) is 1. The predicted molar refractivity (Wildman–Crippen MR) is 98.2 cm³/mol. The SMILES string of the molecule is CCOC(=O)Cc1csc(N/N=C\c2ccc(OC)c(OC)c2Cl)n1. The van der Waals surface area contributed by atoms with Crippen LogP contribution in [-0.4, -0.2) is 38.0 Å². The van der Waals surface area contributed by atoms with Gasteiger partial charge in [-0.2, -0.15) is 5.10 Å². The molecule has 1 N–H and O–H groups in total. The van der Waals surface area contributed by atoms with Crippen molar-refractivity contribution in [3.8, 4) is 11.5 Å². The predicted octanol–water partition coefficient (Wildman–Crippen LogP) is 3.37. The fraction of sp³-hybridized carbons (Fsp3) is 0.312. The fourth-order valence-electron chi connectivity index (χ4n) is 1.96. The van der Waals surface area contributed by atoms with E-state index in [1.807, 2.05) is 0 Å². The minimum Gasteiger partial charge on any atom is -0.493 e. The van der Waals surface area contributed by atoms with Crippen molar-refractivity contribution in [3.63, 3.8) is 0 Å². The van der Waals surface area contributed by atoms with Crippen LogP contribution in [0.15, 0.2) is 22.6 Å². The summed E-state index contributed by atoms with van der Waals surface area (Å²) in [5, 5.41) is 6.84. The van der Waals surface area contributed by atoms with E-state index >= 15 is 0 Å². The van der Waals surface area contributed by atoms with Gasteiger partial charge in [0.2, 0.25) is 5.13 Å². The molecule has 0 bridgehead atoms. The number of nitrogens with zero attached hydrogens (tertiary/aromatic N) is 2. The topological polar surface area (TPSA) is 82.0 Å². The Kier molecular flexibility index (Phi) is 7.03. The van der Waals surface area contributed by atoms with Crippen molar-refractivity contribution >= 4 is 40.3 Å². The number of rotatable bonds is 8. The molecule has 0 saturated carbocycles. The summed E-state index contributed by atoms with van der Waals surface area (Å²) in [7, 11) is 3.06. The number of aromatic nitrogens is 1. The Bertz CT molecular complexity index is 764. The van der Waals surface area contributed by atoms with Crippen molar-refractivity contribution < 1.29 is 19.0 Å². The van der Waals surface area contributed by atoms with Gasteiger partial charge in [-0.15, -0.1) is 11.3 Å². The van der Waals surface area contributed by atoms with E-state index in [-0.39, 0.29) is 12.4 Å². The minimum absolute atomic E-state index is 0.136. The van der Waals surface area contributed by atoms with E-state index in [1.54, 1.807) is 37.8 Å². The van der Waals surface area contributed by atoms with Gasteiger partial charge in [0.1, 0.15) is 0 Å². The molecule has 134 valence electrons. The van der Waals surface area contributed by atoms with Gasteiger partial charge in [0.15, 0.2) is 11.5 Å². The van der Waals surface area contributed by atoms with Crippen molar-refractivity contribution in [2.24, 2.45) is 5.10 Å². The van der Waals surface area contributed by atoms with Crippen LogP contribution in [0.1, 0.15) is 18.2 Å². The summed E-state index contributed by atoms with van der Waals surface area (Å²) in [6.07, 6.45) is 1.69. The van der Waals surface area contributed by atoms with Gasteiger partial charge >= 0.3 is 5.97 Å². The molecule has 0 radical (unpaired) electrons. The van der Waals surface area contributed by atoms with Gasteiger partial charge in [0.05, 0.1) is 44.2 Å². The van der Waals surface area contributed by atoms with Gasteiger partial charge in [-0.1, -0.05) is 11.6 Å². The van der Waals surface area contributed by atoms with E-state index < -0.39 is 0 Å². The lowest BCUT2D eigenvalue weighted by molar-refractivity contribution is -0.142. The van der Waals surface area contributed by atoms with E-state index in [1.165, 1.54) is 18.4 Å². The van der Waals surface area contributed by atoms with Crippen LogP contribution < -0.4 is 14.9 Å². The molecule has 0 saturated heterocycles. The number of anilines is 1. The number of hydrazone groups is 1. The largest absolute Gasteiger partial charge is 0.493 e. The summed E-state index contributed by atoms with van der Waals surface area (Å²) in [4.78, 5) is 15.7. The van der Waals surface area contributed by atoms with Crippen LogP contribution in [0.4, 0.5) is 5.13 Å². The van der Waals surface area contributed by atoms with Crippen molar-refractivity contribution in [2.45, 2.75) is 13.3 Å². The molecule has 0 spiro atoms. The van der Waals surface area contributed by atoms with Crippen LogP contribution in [-0.2, 0) is 16.0 Å². The quantitative estimate of drug-likeness (QED) is 0.427. The van der Waals surface area contributed by atoms with E-state index in [4.69, 9.17) is 25.8 Å². The van der Waals surface area contributed by atoms with Gasteiger partial charge in [0, 0.05) is 10.9 Å². The third kappa shape index (κ3) is 5.07. The number of hydrogen-bond acceptors (Lipinski definition) is 8. The Hall–Kier alpha value is -2.32. The maximum atomic E-state index is 11.4. The number of ether oxygens (including phenoxy) is 3. The van der Waals surface area contributed by atoms with Crippen molar-refractivity contribution in [1.82, 2.24) is 4.98 Å². The first-order valence-electron chi connectivity index (χ1n) is 7.38. The minimum atomic E-state index is -0.306. The molecule has 0 atom stereocenters. The summed E-state index contributed by atoms with van der Waals surface area (Å²) >= 11 is 7.62. The number of carbonyl (C=O) groups is 1. The number of halogens is 1. The highest BCUT2D eigenvalue weighted by molar-refractivity contribution is 7.13. The van der Waals surface area contributed by atoms with Crippen molar-refractivity contribution in [2.75, 3.05) is 26.3 Å². The van der Waals surface area contributed by atoms with Crippen LogP contribution >= 0.6 is 22.9 Å². The van der Waals surface area contributed by atoms with Gasteiger partial charge in [0.25, 0.3) is 0 Å². The number of benzene rings is 1. The Morgan fingerprint density at radius 1 is 1.40 bits per heavy atom. The highest BCUT2D eigenvalue weighted by Gasteiger charge is 2.12. The second-order valence-corrected chi connectivity index (χ2v) is 5.94. The maximum absolute atomic E-state index is 11.4. The van der Waals surface area contributed by atoms with Gasteiger partial charge in [-0.3, -0.25) is 10.2 Å². The second kappa shape index (κ2) is 9.24. The Labute approximate surface area is 154 Å². The standard InChI is InChI=1S/C16H18ClN3O4S/c1-4-24-13(21)7-11-9-25-16(19-11)20-18-8-10-5-6-12(22-2)15(23-3)14(10)17/h5-6,8-9H,4,7H2,1-3H3,(H,19,20)/b18-8-. The molecule has 1 aromatic heterocycles. The van der Waals surface area contributed by atoms with Crippen LogP contribution in [0.5, 0.6) is 11.5 Å². The smallest absolute Gasteiger partial charge is 0.311 e. The highest BCUT2D eigenvalue weighted by atomic mass is 35.5. The molecular weight excluding hydrogens is 366 g/mol.